The molecule has 0 unspecified atom stereocenters. The summed E-state index contributed by atoms with van der Waals surface area (Å²) >= 11 is 0. The molecule has 3 N–H and O–H groups in total. The van der Waals surface area contributed by atoms with E-state index in [4.69, 9.17) is 19.9 Å². The molecule has 3 rings (SSSR count). The second kappa shape index (κ2) is 6.37. The van der Waals surface area contributed by atoms with Gasteiger partial charge in [-0.3, -0.25) is 4.79 Å². The quantitative estimate of drug-likeness (QED) is 0.803. The van der Waals surface area contributed by atoms with Gasteiger partial charge in [0.2, 0.25) is 5.88 Å². The lowest BCUT2D eigenvalue weighted by Crippen LogP contribution is -2.31. The number of ether oxygens (including phenoxy) is 3. The summed E-state index contributed by atoms with van der Waals surface area (Å²) in [5, 5.41) is 19.6. The predicted molar refractivity (Wildman–Crippen MR) is 91.5 cm³/mol. The van der Waals surface area contributed by atoms with E-state index in [0.717, 1.165) is 0 Å². The van der Waals surface area contributed by atoms with Gasteiger partial charge in [0.25, 0.3) is 5.56 Å². The highest BCUT2D eigenvalue weighted by Crippen LogP contribution is 2.42. The molecule has 0 saturated carbocycles. The van der Waals surface area contributed by atoms with Crippen LogP contribution < -0.4 is 25.5 Å². The average molecular weight is 355 g/mol. The molecule has 0 radical (unpaired) electrons. The van der Waals surface area contributed by atoms with Gasteiger partial charge in [-0.2, -0.15) is 9.99 Å². The fraction of sp³-hybridized carbons (Fsp3) is 0.222. The Morgan fingerprint density at radius 1 is 1.27 bits per heavy atom. The lowest BCUT2D eigenvalue weighted by molar-refractivity contribution is 0.165. The Morgan fingerprint density at radius 2 is 1.96 bits per heavy atom. The molecular weight excluding hydrogens is 338 g/mol. The third-order valence-electron chi connectivity index (χ3n) is 4.29. The van der Waals surface area contributed by atoms with Gasteiger partial charge in [0.15, 0.2) is 11.5 Å². The van der Waals surface area contributed by atoms with Crippen molar-refractivity contribution >= 4 is 0 Å². The van der Waals surface area contributed by atoms with Crippen molar-refractivity contribution in [2.75, 3.05) is 14.2 Å². The molecule has 1 aliphatic rings. The van der Waals surface area contributed by atoms with Crippen molar-refractivity contribution in [1.29, 1.82) is 5.26 Å². The van der Waals surface area contributed by atoms with Crippen LogP contribution in [0.3, 0.4) is 0 Å². The largest absolute Gasteiger partial charge is 0.493 e. The molecule has 2 heterocycles. The molecule has 0 saturated heterocycles. The minimum absolute atomic E-state index is 0.0747. The lowest BCUT2D eigenvalue weighted by Gasteiger charge is -2.26. The first kappa shape index (κ1) is 17.2. The maximum atomic E-state index is 12.7. The molecule has 134 valence electrons. The number of nitrogens with two attached hydrogens (primary N) is 1. The van der Waals surface area contributed by atoms with Gasteiger partial charge in [-0.05, 0) is 24.6 Å². The zero-order valence-electron chi connectivity index (χ0n) is 14.4. The number of pyridine rings is 1. The topological polar surface area (TPSA) is 120 Å². The molecule has 1 aliphatic heterocycles. The summed E-state index contributed by atoms with van der Waals surface area (Å²) in [7, 11) is 2.99. The van der Waals surface area contributed by atoms with Gasteiger partial charge in [0.05, 0.1) is 31.4 Å². The van der Waals surface area contributed by atoms with E-state index in [-0.39, 0.29) is 28.5 Å². The van der Waals surface area contributed by atoms with Crippen molar-refractivity contribution in [3.8, 4) is 23.3 Å². The number of aromatic nitrogens is 1. The maximum Gasteiger partial charge on any atom is 0.291 e. The molecule has 8 heteroatoms. The molecule has 0 spiro atoms. The number of benzene rings is 1. The monoisotopic (exact) mass is 355 g/mol. The molecule has 0 bridgehead atoms. The fourth-order valence-electron chi connectivity index (χ4n) is 3.00. The molecule has 0 amide bonds. The van der Waals surface area contributed by atoms with Crippen LogP contribution in [-0.4, -0.2) is 24.2 Å². The van der Waals surface area contributed by atoms with Crippen molar-refractivity contribution in [2.24, 2.45) is 5.73 Å². The van der Waals surface area contributed by atoms with Crippen molar-refractivity contribution in [3.63, 3.8) is 0 Å². The van der Waals surface area contributed by atoms with E-state index < -0.39 is 11.5 Å². The van der Waals surface area contributed by atoms with E-state index in [1.54, 1.807) is 25.1 Å². The Morgan fingerprint density at radius 3 is 2.58 bits per heavy atom. The summed E-state index contributed by atoms with van der Waals surface area (Å²) < 4.78 is 16.5. The third kappa shape index (κ3) is 2.50. The number of hydrogen-bond acceptors (Lipinski definition) is 7. The van der Waals surface area contributed by atoms with Gasteiger partial charge in [-0.1, -0.05) is 6.07 Å². The van der Waals surface area contributed by atoms with Gasteiger partial charge >= 0.3 is 0 Å². The zero-order valence-corrected chi connectivity index (χ0v) is 14.4. The molecule has 1 aromatic heterocycles. The highest BCUT2D eigenvalue weighted by molar-refractivity contribution is 5.57. The summed E-state index contributed by atoms with van der Waals surface area (Å²) in [5.41, 5.74) is 6.28. The zero-order chi connectivity index (χ0) is 19.0. The van der Waals surface area contributed by atoms with E-state index in [9.17, 15) is 15.3 Å². The number of fused-ring (bicyclic) bond motifs is 1. The molecular formula is C18H17N3O5. The van der Waals surface area contributed by atoms with E-state index in [0.29, 0.717) is 21.8 Å². The number of nitriles is 1. The van der Waals surface area contributed by atoms with Crippen molar-refractivity contribution in [3.05, 3.63) is 62.9 Å². The number of methoxy groups -OCH3 is 2. The molecule has 1 atom stereocenters. The molecule has 2 aromatic rings. The number of allylic oxidation sites excluding steroid dienone is 1. The Labute approximate surface area is 149 Å². The molecule has 8 nitrogen and oxygen atoms in total. The average Bonchev–Trinajstić information content (AvgIpc) is 2.64. The highest BCUT2D eigenvalue weighted by atomic mass is 16.5. The maximum absolute atomic E-state index is 12.7. The van der Waals surface area contributed by atoms with Crippen LogP contribution >= 0.6 is 0 Å². The summed E-state index contributed by atoms with van der Waals surface area (Å²) in [5.74, 6) is 0.242. The van der Waals surface area contributed by atoms with Crippen LogP contribution in [0.2, 0.25) is 0 Å². The molecule has 0 fully saturated rings. The minimum Gasteiger partial charge on any atom is -0.493 e. The highest BCUT2D eigenvalue weighted by Gasteiger charge is 2.34. The van der Waals surface area contributed by atoms with Crippen LogP contribution in [0, 0.1) is 18.3 Å². The van der Waals surface area contributed by atoms with E-state index >= 15 is 0 Å². The van der Waals surface area contributed by atoms with Crippen molar-refractivity contribution in [2.45, 2.75) is 12.8 Å². The predicted octanol–water partition coefficient (Wildman–Crippen LogP) is 1.63. The summed E-state index contributed by atoms with van der Waals surface area (Å²) in [6.07, 6.45) is 0. The number of hydrogen-bond donors (Lipinski definition) is 2. The van der Waals surface area contributed by atoms with Crippen molar-refractivity contribution in [1.82, 2.24) is 4.73 Å². The Bertz CT molecular complexity index is 1020. The smallest absolute Gasteiger partial charge is 0.291 e. The van der Waals surface area contributed by atoms with Gasteiger partial charge in [0.1, 0.15) is 17.4 Å². The van der Waals surface area contributed by atoms with Gasteiger partial charge < -0.3 is 25.2 Å². The van der Waals surface area contributed by atoms with Crippen LogP contribution in [0.1, 0.15) is 22.7 Å². The normalized spacial score (nSPS) is 15.7. The fourth-order valence-corrected chi connectivity index (χ4v) is 3.00. The minimum atomic E-state index is -0.810. The lowest BCUT2D eigenvalue weighted by atomic mass is 9.84. The third-order valence-corrected chi connectivity index (χ3v) is 4.29. The first-order chi connectivity index (χ1) is 12.4. The van der Waals surface area contributed by atoms with Gasteiger partial charge in [-0.15, -0.1) is 0 Å². The van der Waals surface area contributed by atoms with E-state index in [1.807, 2.05) is 6.07 Å². The number of aryl methyl sites for hydroxylation is 1. The second-order valence-corrected chi connectivity index (χ2v) is 5.72. The Kier molecular flexibility index (Phi) is 4.22. The van der Waals surface area contributed by atoms with Crippen LogP contribution in [0.25, 0.3) is 0 Å². The van der Waals surface area contributed by atoms with Crippen molar-refractivity contribution < 1.29 is 19.4 Å². The molecule has 26 heavy (non-hydrogen) atoms. The molecule has 0 aliphatic carbocycles. The number of rotatable bonds is 3. The van der Waals surface area contributed by atoms with Crippen LogP contribution in [0.5, 0.6) is 17.2 Å². The Balaban J connectivity index is 2.32. The first-order valence-electron chi connectivity index (χ1n) is 7.68. The van der Waals surface area contributed by atoms with Crippen LogP contribution in [0.15, 0.2) is 40.5 Å². The SMILES string of the molecule is COc1ccc([C@H]2C(C#N)=C(N)Oc3cc(C)n(O)c(=O)c32)cc1OC. The summed E-state index contributed by atoms with van der Waals surface area (Å²) in [6.45, 7) is 1.55. The van der Waals surface area contributed by atoms with Crippen LogP contribution in [0.4, 0.5) is 0 Å². The summed E-state index contributed by atoms with van der Waals surface area (Å²) in [6, 6.07) is 8.51. The van der Waals surface area contributed by atoms with Gasteiger partial charge in [0, 0.05) is 6.07 Å². The first-order valence-corrected chi connectivity index (χ1v) is 7.68. The van der Waals surface area contributed by atoms with E-state index in [2.05, 4.69) is 0 Å². The number of nitrogens with zero attached hydrogens (tertiary/aromatic N) is 2. The van der Waals surface area contributed by atoms with E-state index in [1.165, 1.54) is 20.3 Å². The standard InChI is InChI=1S/C18H17N3O5/c1-9-6-14-16(18(22)21(9)23)15(11(8-19)17(20)26-14)10-4-5-12(24-2)13(7-10)25-3/h4-7,15,23H,20H2,1-3H3/t15-/m0/s1. The van der Waals surface area contributed by atoms with Gasteiger partial charge in [-0.25, -0.2) is 0 Å². The Hall–Kier alpha value is -3.60. The summed E-state index contributed by atoms with van der Waals surface area (Å²) in [4.78, 5) is 12.7. The second-order valence-electron chi connectivity index (χ2n) is 5.72. The molecule has 1 aromatic carbocycles. The van der Waals surface area contributed by atoms with Crippen LogP contribution in [-0.2, 0) is 0 Å².